The van der Waals surface area contributed by atoms with Gasteiger partial charge in [0.15, 0.2) is 0 Å². The normalized spacial score (nSPS) is 22.1. The lowest BCUT2D eigenvalue weighted by Crippen LogP contribution is -2.53. The average molecular weight is 195 g/mol. The van der Waals surface area contributed by atoms with Gasteiger partial charge in [-0.1, -0.05) is 6.58 Å². The highest BCUT2D eigenvalue weighted by Crippen LogP contribution is 2.22. The largest absolute Gasteiger partial charge is 0.379 e. The van der Waals surface area contributed by atoms with Gasteiger partial charge in [0.2, 0.25) is 0 Å². The maximum atomic E-state index is 11.2. The minimum atomic E-state index is -0.564. The number of rotatable bonds is 3. The van der Waals surface area contributed by atoms with Crippen LogP contribution in [0.25, 0.3) is 0 Å². The minimum absolute atomic E-state index is 0.564. The van der Waals surface area contributed by atoms with Gasteiger partial charge in [-0.3, -0.25) is 4.90 Å². The molecule has 1 fully saturated rings. The van der Waals surface area contributed by atoms with Gasteiger partial charge < -0.3 is 9.53 Å². The topological polar surface area (TPSA) is 29.5 Å². The predicted molar refractivity (Wildman–Crippen MR) is 55.2 cm³/mol. The van der Waals surface area contributed by atoms with Crippen molar-refractivity contribution in [3.8, 4) is 0 Å². The number of aldehydes is 1. The summed E-state index contributed by atoms with van der Waals surface area (Å²) in [5.41, 5.74) is 3.11. The summed E-state index contributed by atoms with van der Waals surface area (Å²) in [4.78, 5) is 13.3. The summed E-state index contributed by atoms with van der Waals surface area (Å²) in [7, 11) is 0. The molecule has 0 spiro atoms. The van der Waals surface area contributed by atoms with Crippen LogP contribution in [0.2, 0.25) is 0 Å². The van der Waals surface area contributed by atoms with Gasteiger partial charge in [-0.25, -0.2) is 0 Å². The van der Waals surface area contributed by atoms with Crippen LogP contribution in [0.3, 0.4) is 0 Å². The van der Waals surface area contributed by atoms with Crippen molar-refractivity contribution >= 4 is 6.29 Å². The molecule has 0 amide bonds. The Morgan fingerprint density at radius 2 is 2.14 bits per heavy atom. The predicted octanol–water partition coefficient (Wildman–Crippen LogP) is 1.01. The van der Waals surface area contributed by atoms with Gasteiger partial charge in [-0.2, -0.15) is 0 Å². The van der Waals surface area contributed by atoms with Crippen molar-refractivity contribution in [1.29, 1.82) is 0 Å². The second kappa shape index (κ2) is 4.56. The summed E-state index contributed by atoms with van der Waals surface area (Å²) in [6, 6.07) is 0. The van der Waals surface area contributed by atoms with Crippen molar-refractivity contribution in [3.05, 3.63) is 17.9 Å². The van der Waals surface area contributed by atoms with Crippen LogP contribution < -0.4 is 0 Å². The van der Waals surface area contributed by atoms with Crippen LogP contribution in [0.15, 0.2) is 17.9 Å². The van der Waals surface area contributed by atoms with Crippen molar-refractivity contribution in [2.45, 2.75) is 19.4 Å². The quantitative estimate of drug-likeness (QED) is 0.497. The SMILES string of the molecule is C=C=C(C)C(C)(C=O)N1CCOCC1. The van der Waals surface area contributed by atoms with Crippen LogP contribution in [0, 0.1) is 0 Å². The van der Waals surface area contributed by atoms with E-state index in [-0.39, 0.29) is 0 Å². The molecule has 1 unspecified atom stereocenters. The Morgan fingerprint density at radius 3 is 2.57 bits per heavy atom. The molecule has 78 valence electrons. The van der Waals surface area contributed by atoms with Crippen LogP contribution in [0.5, 0.6) is 0 Å². The van der Waals surface area contributed by atoms with Crippen LogP contribution in [0.1, 0.15) is 13.8 Å². The van der Waals surface area contributed by atoms with Gasteiger partial charge in [0.1, 0.15) is 11.8 Å². The molecule has 1 rings (SSSR count). The summed E-state index contributed by atoms with van der Waals surface area (Å²) in [6.45, 7) is 10.3. The molecule has 1 atom stereocenters. The molecule has 0 bridgehead atoms. The first kappa shape index (κ1) is 11.2. The molecule has 0 aromatic heterocycles. The summed E-state index contributed by atoms with van der Waals surface area (Å²) in [5, 5.41) is 0. The van der Waals surface area contributed by atoms with E-state index in [9.17, 15) is 4.79 Å². The maximum Gasteiger partial charge on any atom is 0.144 e. The van der Waals surface area contributed by atoms with E-state index >= 15 is 0 Å². The number of carbonyl (C=O) groups is 1. The highest BCUT2D eigenvalue weighted by atomic mass is 16.5. The number of ether oxygens (including phenoxy) is 1. The van der Waals surface area contributed by atoms with Gasteiger partial charge in [0.25, 0.3) is 0 Å². The minimum Gasteiger partial charge on any atom is -0.379 e. The van der Waals surface area contributed by atoms with E-state index in [0.717, 1.165) is 24.9 Å². The van der Waals surface area contributed by atoms with E-state index in [1.54, 1.807) is 0 Å². The van der Waals surface area contributed by atoms with Crippen LogP contribution in [0.4, 0.5) is 0 Å². The molecule has 1 aliphatic rings. The molecule has 0 aliphatic carbocycles. The fraction of sp³-hybridized carbons (Fsp3) is 0.636. The lowest BCUT2D eigenvalue weighted by molar-refractivity contribution is -0.118. The van der Waals surface area contributed by atoms with Crippen LogP contribution >= 0.6 is 0 Å². The first-order valence-electron chi connectivity index (χ1n) is 4.81. The maximum absolute atomic E-state index is 11.2. The van der Waals surface area contributed by atoms with Crippen molar-refractivity contribution in [1.82, 2.24) is 4.90 Å². The molecular formula is C11H17NO2. The lowest BCUT2D eigenvalue weighted by atomic mass is 9.93. The molecule has 3 heteroatoms. The third-order valence-electron chi connectivity index (χ3n) is 2.92. The Bertz CT molecular complexity index is 262. The Hall–Kier alpha value is -0.890. The second-order valence-corrected chi connectivity index (χ2v) is 3.67. The molecule has 1 heterocycles. The Labute approximate surface area is 85.0 Å². The van der Waals surface area contributed by atoms with Crippen LogP contribution in [-0.2, 0) is 9.53 Å². The molecule has 0 radical (unpaired) electrons. The number of carbonyl (C=O) groups excluding carboxylic acids is 1. The first-order valence-corrected chi connectivity index (χ1v) is 4.81. The zero-order valence-corrected chi connectivity index (χ0v) is 8.88. The highest BCUT2D eigenvalue weighted by molar-refractivity contribution is 5.69. The van der Waals surface area contributed by atoms with Crippen LogP contribution in [-0.4, -0.2) is 43.0 Å². The van der Waals surface area contributed by atoms with Gasteiger partial charge >= 0.3 is 0 Å². The van der Waals surface area contributed by atoms with Crippen molar-refractivity contribution < 1.29 is 9.53 Å². The lowest BCUT2D eigenvalue weighted by Gasteiger charge is -2.39. The van der Waals surface area contributed by atoms with Gasteiger partial charge in [0, 0.05) is 13.1 Å². The van der Waals surface area contributed by atoms with Crippen molar-refractivity contribution in [3.63, 3.8) is 0 Å². The van der Waals surface area contributed by atoms with E-state index in [1.807, 2.05) is 13.8 Å². The van der Waals surface area contributed by atoms with E-state index in [2.05, 4.69) is 17.2 Å². The smallest absolute Gasteiger partial charge is 0.144 e. The fourth-order valence-electron chi connectivity index (χ4n) is 1.61. The van der Waals surface area contributed by atoms with Gasteiger partial charge in [0.05, 0.1) is 13.2 Å². The van der Waals surface area contributed by atoms with E-state index in [0.29, 0.717) is 13.2 Å². The molecule has 14 heavy (non-hydrogen) atoms. The second-order valence-electron chi connectivity index (χ2n) is 3.67. The molecule has 0 aromatic rings. The van der Waals surface area contributed by atoms with E-state index in [1.165, 1.54) is 0 Å². The zero-order valence-electron chi connectivity index (χ0n) is 8.88. The molecule has 0 N–H and O–H groups in total. The standard InChI is InChI=1S/C11H17NO2/c1-4-10(2)11(3,9-13)12-5-7-14-8-6-12/h9H,1,5-8H2,2-3H3. The number of nitrogens with zero attached hydrogens (tertiary/aromatic N) is 1. The molecule has 0 saturated carbocycles. The monoisotopic (exact) mass is 195 g/mol. The Kier molecular flexibility index (Phi) is 3.64. The summed E-state index contributed by atoms with van der Waals surface area (Å²) < 4.78 is 5.25. The Balaban J connectivity index is 2.87. The van der Waals surface area contributed by atoms with Crippen molar-refractivity contribution in [2.24, 2.45) is 0 Å². The Morgan fingerprint density at radius 1 is 1.57 bits per heavy atom. The third kappa shape index (κ3) is 1.95. The molecule has 1 aliphatic heterocycles. The van der Waals surface area contributed by atoms with Gasteiger partial charge in [-0.05, 0) is 19.4 Å². The number of morpholine rings is 1. The first-order chi connectivity index (χ1) is 6.65. The molecular weight excluding hydrogens is 178 g/mol. The highest BCUT2D eigenvalue weighted by Gasteiger charge is 2.34. The summed E-state index contributed by atoms with van der Waals surface area (Å²) in [6.07, 6.45) is 0.964. The molecule has 3 nitrogen and oxygen atoms in total. The molecule has 1 saturated heterocycles. The van der Waals surface area contributed by atoms with E-state index in [4.69, 9.17) is 4.74 Å². The summed E-state index contributed by atoms with van der Waals surface area (Å²) >= 11 is 0. The number of hydrogen-bond donors (Lipinski definition) is 0. The fourth-order valence-corrected chi connectivity index (χ4v) is 1.61. The van der Waals surface area contributed by atoms with E-state index < -0.39 is 5.54 Å². The average Bonchev–Trinajstić information content (AvgIpc) is 2.28. The number of hydrogen-bond acceptors (Lipinski definition) is 3. The van der Waals surface area contributed by atoms with Crippen molar-refractivity contribution in [2.75, 3.05) is 26.3 Å². The summed E-state index contributed by atoms with van der Waals surface area (Å²) in [5.74, 6) is 0. The zero-order chi connectivity index (χ0) is 10.6. The van der Waals surface area contributed by atoms with Gasteiger partial charge in [-0.15, -0.1) is 5.73 Å². The molecule has 0 aromatic carbocycles. The third-order valence-corrected chi connectivity index (χ3v) is 2.92.